The molecular weight excluding hydrogens is 272 g/mol. The van der Waals surface area contributed by atoms with Gasteiger partial charge in [-0.2, -0.15) is 0 Å². The van der Waals surface area contributed by atoms with Crippen LogP contribution in [-0.2, 0) is 5.41 Å². The SMILES string of the molecule is C/C=C1/CN2CC[C@]34C=C(CO)C1CC23Nc1ccccc14. The molecule has 1 aliphatic carbocycles. The van der Waals surface area contributed by atoms with E-state index in [2.05, 4.69) is 53.6 Å². The largest absolute Gasteiger partial charge is 0.392 e. The summed E-state index contributed by atoms with van der Waals surface area (Å²) in [5.74, 6) is 0.402. The molecule has 3 aliphatic heterocycles. The first-order valence-electron chi connectivity index (χ1n) is 8.34. The lowest BCUT2D eigenvalue weighted by atomic mass is 9.61. The van der Waals surface area contributed by atoms with Gasteiger partial charge in [-0.25, -0.2) is 0 Å². The fourth-order valence-electron chi connectivity index (χ4n) is 5.58. The molecule has 2 bridgehead atoms. The van der Waals surface area contributed by atoms with Gasteiger partial charge in [-0.1, -0.05) is 35.9 Å². The van der Waals surface area contributed by atoms with Gasteiger partial charge in [-0.3, -0.25) is 4.90 Å². The fraction of sp³-hybridized carbons (Fsp3) is 0.474. The number of hydrogen-bond donors (Lipinski definition) is 2. The van der Waals surface area contributed by atoms with Crippen molar-refractivity contribution in [2.24, 2.45) is 5.92 Å². The molecule has 0 radical (unpaired) electrons. The van der Waals surface area contributed by atoms with Crippen LogP contribution >= 0.6 is 0 Å². The second-order valence-electron chi connectivity index (χ2n) is 7.17. The van der Waals surface area contributed by atoms with Crippen LogP contribution in [0.4, 0.5) is 5.69 Å². The van der Waals surface area contributed by atoms with Crippen molar-refractivity contribution in [1.29, 1.82) is 0 Å². The number of anilines is 1. The lowest BCUT2D eigenvalue weighted by Gasteiger charge is -2.54. The molecule has 5 rings (SSSR count). The van der Waals surface area contributed by atoms with Crippen molar-refractivity contribution in [3.05, 3.63) is 53.1 Å². The van der Waals surface area contributed by atoms with E-state index in [-0.39, 0.29) is 17.7 Å². The highest BCUT2D eigenvalue weighted by molar-refractivity contribution is 5.69. The molecule has 1 spiro atoms. The maximum Gasteiger partial charge on any atom is 0.105 e. The zero-order chi connectivity index (χ0) is 14.9. The third-order valence-electron chi connectivity index (χ3n) is 6.56. The molecule has 2 N–H and O–H groups in total. The summed E-state index contributed by atoms with van der Waals surface area (Å²) < 4.78 is 0. The number of nitrogens with zero attached hydrogens (tertiary/aromatic N) is 1. The molecule has 2 saturated heterocycles. The van der Waals surface area contributed by atoms with Gasteiger partial charge in [0.15, 0.2) is 0 Å². The minimum absolute atomic E-state index is 0.0204. The summed E-state index contributed by atoms with van der Waals surface area (Å²) in [7, 11) is 0. The highest BCUT2D eigenvalue weighted by atomic mass is 16.3. The van der Waals surface area contributed by atoms with Gasteiger partial charge >= 0.3 is 0 Å². The molecule has 1 aromatic rings. The number of aliphatic hydroxyl groups excluding tert-OH is 1. The number of para-hydroxylation sites is 1. The first-order valence-corrected chi connectivity index (χ1v) is 8.34. The lowest BCUT2D eigenvalue weighted by molar-refractivity contribution is 0.0821. The number of allylic oxidation sites excluding steroid dienone is 1. The molecule has 0 amide bonds. The van der Waals surface area contributed by atoms with Crippen molar-refractivity contribution in [3.8, 4) is 0 Å². The minimum atomic E-state index is 0.0204. The summed E-state index contributed by atoms with van der Waals surface area (Å²) in [5.41, 5.74) is 5.46. The molecule has 4 aliphatic rings. The Morgan fingerprint density at radius 2 is 2.27 bits per heavy atom. The zero-order valence-corrected chi connectivity index (χ0v) is 13.0. The summed E-state index contributed by atoms with van der Waals surface area (Å²) in [4.78, 5) is 2.64. The number of nitrogens with one attached hydrogen (secondary N) is 1. The van der Waals surface area contributed by atoms with E-state index in [1.54, 1.807) is 0 Å². The van der Waals surface area contributed by atoms with Crippen LogP contribution in [0.15, 0.2) is 47.6 Å². The number of benzene rings is 1. The highest BCUT2D eigenvalue weighted by Gasteiger charge is 2.67. The quantitative estimate of drug-likeness (QED) is 0.782. The lowest BCUT2D eigenvalue weighted by Crippen LogP contribution is -2.63. The Kier molecular flexibility index (Phi) is 2.37. The Labute approximate surface area is 131 Å². The van der Waals surface area contributed by atoms with Gasteiger partial charge in [0.05, 0.1) is 12.0 Å². The molecular formula is C19H22N2O. The van der Waals surface area contributed by atoms with Crippen LogP contribution in [0.5, 0.6) is 0 Å². The van der Waals surface area contributed by atoms with Crippen LogP contribution in [0.1, 0.15) is 25.3 Å². The van der Waals surface area contributed by atoms with E-state index in [1.807, 2.05) is 0 Å². The monoisotopic (exact) mass is 294 g/mol. The Hall–Kier alpha value is -1.58. The second kappa shape index (κ2) is 4.03. The maximum absolute atomic E-state index is 9.98. The van der Waals surface area contributed by atoms with E-state index in [9.17, 15) is 5.11 Å². The number of rotatable bonds is 1. The van der Waals surface area contributed by atoms with Gasteiger partial charge < -0.3 is 10.4 Å². The van der Waals surface area contributed by atoms with E-state index < -0.39 is 0 Å². The Bertz CT molecular complexity index is 722. The van der Waals surface area contributed by atoms with Gasteiger partial charge in [0.25, 0.3) is 0 Å². The van der Waals surface area contributed by atoms with Crippen molar-refractivity contribution < 1.29 is 5.11 Å². The minimum Gasteiger partial charge on any atom is -0.392 e. The van der Waals surface area contributed by atoms with E-state index >= 15 is 0 Å². The van der Waals surface area contributed by atoms with E-state index in [1.165, 1.54) is 22.4 Å². The second-order valence-corrected chi connectivity index (χ2v) is 7.17. The standard InChI is InChI=1S/C19H22N2O/c1-2-13-11-21-8-7-18-9-14(12-22)15(13)10-19(18,21)20-17-6-4-3-5-16(17)18/h2-6,9,15,20,22H,7-8,10-12H2,1H3/b13-2-/t15?,18-,19?/m1/s1. The summed E-state index contributed by atoms with van der Waals surface area (Å²) in [6.07, 6.45) is 6.90. The predicted octanol–water partition coefficient (Wildman–Crippen LogP) is 2.65. The van der Waals surface area contributed by atoms with Crippen LogP contribution in [0.2, 0.25) is 0 Å². The average molecular weight is 294 g/mol. The van der Waals surface area contributed by atoms with Gasteiger partial charge in [-0.05, 0) is 37.0 Å². The van der Waals surface area contributed by atoms with Gasteiger partial charge in [0.1, 0.15) is 5.66 Å². The van der Waals surface area contributed by atoms with Gasteiger partial charge in [-0.15, -0.1) is 0 Å². The summed E-state index contributed by atoms with van der Waals surface area (Å²) in [6.45, 7) is 4.47. The molecule has 22 heavy (non-hydrogen) atoms. The predicted molar refractivity (Wildman–Crippen MR) is 87.7 cm³/mol. The first-order chi connectivity index (χ1) is 10.7. The number of fused-ring (bicyclic) bond motifs is 2. The molecule has 1 aromatic carbocycles. The molecule has 114 valence electrons. The topological polar surface area (TPSA) is 35.5 Å². The molecule has 2 fully saturated rings. The van der Waals surface area contributed by atoms with Crippen LogP contribution in [0, 0.1) is 5.92 Å². The Morgan fingerprint density at radius 1 is 1.41 bits per heavy atom. The Morgan fingerprint density at radius 3 is 3.09 bits per heavy atom. The van der Waals surface area contributed by atoms with E-state index in [0.29, 0.717) is 5.92 Å². The Balaban J connectivity index is 1.79. The number of hydrogen-bond acceptors (Lipinski definition) is 3. The van der Waals surface area contributed by atoms with Crippen LogP contribution < -0.4 is 5.32 Å². The van der Waals surface area contributed by atoms with Crippen molar-refractivity contribution in [2.75, 3.05) is 25.0 Å². The zero-order valence-electron chi connectivity index (χ0n) is 13.0. The fourth-order valence-corrected chi connectivity index (χ4v) is 5.58. The van der Waals surface area contributed by atoms with E-state index in [0.717, 1.165) is 25.9 Å². The van der Waals surface area contributed by atoms with Crippen molar-refractivity contribution in [1.82, 2.24) is 4.90 Å². The average Bonchev–Trinajstić information content (AvgIpc) is 3.03. The van der Waals surface area contributed by atoms with E-state index in [4.69, 9.17) is 0 Å². The third-order valence-corrected chi connectivity index (χ3v) is 6.56. The van der Waals surface area contributed by atoms with Crippen LogP contribution in [0.25, 0.3) is 0 Å². The first kappa shape index (κ1) is 12.9. The smallest absolute Gasteiger partial charge is 0.105 e. The number of aliphatic hydroxyl groups is 1. The van der Waals surface area contributed by atoms with Crippen LogP contribution in [-0.4, -0.2) is 35.4 Å². The molecule has 2 unspecified atom stereocenters. The number of piperidine rings is 1. The normalized spacial score (nSPS) is 40.2. The van der Waals surface area contributed by atoms with Gasteiger partial charge in [0, 0.05) is 24.7 Å². The summed E-state index contributed by atoms with van der Waals surface area (Å²) >= 11 is 0. The maximum atomic E-state index is 9.98. The summed E-state index contributed by atoms with van der Waals surface area (Å²) in [6, 6.07) is 8.75. The van der Waals surface area contributed by atoms with Crippen molar-refractivity contribution in [2.45, 2.75) is 30.8 Å². The van der Waals surface area contributed by atoms with Crippen molar-refractivity contribution >= 4 is 5.69 Å². The third kappa shape index (κ3) is 1.23. The molecule has 0 aromatic heterocycles. The molecule has 3 heteroatoms. The van der Waals surface area contributed by atoms with Crippen molar-refractivity contribution in [3.63, 3.8) is 0 Å². The molecule has 3 heterocycles. The summed E-state index contributed by atoms with van der Waals surface area (Å²) in [5, 5.41) is 13.9. The highest BCUT2D eigenvalue weighted by Crippen LogP contribution is 2.63. The van der Waals surface area contributed by atoms with Gasteiger partial charge in [0.2, 0.25) is 0 Å². The molecule has 0 saturated carbocycles. The molecule has 3 nitrogen and oxygen atoms in total. The molecule has 3 atom stereocenters. The van der Waals surface area contributed by atoms with Crippen LogP contribution in [0.3, 0.4) is 0 Å².